The van der Waals surface area contributed by atoms with Gasteiger partial charge >= 0.3 is 0 Å². The molecule has 6 aromatic heterocycles. The van der Waals surface area contributed by atoms with Gasteiger partial charge in [0.1, 0.15) is 0 Å². The Morgan fingerprint density at radius 1 is 0.195 bits per heavy atom. The molecule has 0 radical (unpaired) electrons. The molecule has 0 aliphatic heterocycles. The Balaban J connectivity index is 0.641. The topological polar surface area (TPSA) is 131 Å². The Bertz CT molecular complexity index is 7900. The first-order chi connectivity index (χ1) is 58.4. The molecule has 0 bridgehead atoms. The molecule has 546 valence electrons. The van der Waals surface area contributed by atoms with E-state index in [4.69, 9.17) is 29.9 Å². The van der Waals surface area contributed by atoms with E-state index in [1.165, 1.54) is 55.6 Å². The molecule has 6 heterocycles. The quantitative estimate of drug-likeness (QED) is 0.131. The Morgan fingerprint density at radius 3 is 0.788 bits per heavy atom. The first-order valence-electron chi connectivity index (χ1n) is 39.9. The Hall–Kier alpha value is -15.9. The predicted molar refractivity (Wildman–Crippen MR) is 468 cm³/mol. The number of para-hydroxylation sites is 7. The number of benzene rings is 16. The number of fused-ring (bicyclic) bond motifs is 32. The number of aromatic nitrogens is 10. The van der Waals surface area contributed by atoms with Crippen LogP contribution in [0.1, 0.15) is 76.9 Å². The molecule has 0 saturated carbocycles. The number of ketones is 2. The summed E-state index contributed by atoms with van der Waals surface area (Å²) in [5.41, 5.74) is 27.5. The van der Waals surface area contributed by atoms with Crippen LogP contribution in [-0.4, -0.2) is 59.7 Å². The summed E-state index contributed by atoms with van der Waals surface area (Å²) in [6.45, 7) is 0. The van der Waals surface area contributed by atoms with Crippen molar-refractivity contribution in [1.29, 1.82) is 0 Å². The van der Waals surface area contributed by atoms with Crippen LogP contribution in [0.4, 0.5) is 0 Å². The highest BCUT2D eigenvalue weighted by Crippen LogP contribution is 2.65. The second kappa shape index (κ2) is 23.8. The molecule has 12 nitrogen and oxygen atoms in total. The van der Waals surface area contributed by atoms with Crippen LogP contribution in [0.15, 0.2) is 364 Å². The SMILES string of the molecule is O=C(c1ccc2c(c1)C1(c3ccccc3-c3ccccc31)c1ccccc1-2)c1ccc2c(c1)C1(c3ccccc3-c3ccccc31)c1ccc(-c3ccc4c(c3)c3ccccc3n4-c3nc(C(=O)c4nc(-n5c6ccccc6c6ccccc65)nc(-n5c6ccccc6c6ccccc65)n4)nc(-n4c5ccccc5c5ccccc54)n3)cc1-2. The highest BCUT2D eigenvalue weighted by molar-refractivity contribution is 6.15. The summed E-state index contributed by atoms with van der Waals surface area (Å²) in [6, 6.07) is 128. The molecular formula is C106H60N10O2. The van der Waals surface area contributed by atoms with Crippen molar-refractivity contribution in [2.75, 3.05) is 0 Å². The number of nitrogens with zero attached hydrogens (tertiary/aromatic N) is 10. The lowest BCUT2D eigenvalue weighted by Crippen LogP contribution is -2.26. The lowest BCUT2D eigenvalue weighted by atomic mass is 9.70. The third-order valence-electron chi connectivity index (χ3n) is 25.8. The van der Waals surface area contributed by atoms with Crippen molar-refractivity contribution in [2.24, 2.45) is 0 Å². The van der Waals surface area contributed by atoms with Gasteiger partial charge in [-0.2, -0.15) is 29.9 Å². The lowest BCUT2D eigenvalue weighted by Gasteiger charge is -2.31. The van der Waals surface area contributed by atoms with E-state index in [-0.39, 0.29) is 41.2 Å². The normalized spacial score (nSPS) is 13.5. The summed E-state index contributed by atoms with van der Waals surface area (Å²) >= 11 is 0. The second-order valence-corrected chi connectivity index (χ2v) is 31.4. The first-order valence-corrected chi connectivity index (χ1v) is 39.9. The zero-order chi connectivity index (χ0) is 77.4. The third kappa shape index (κ3) is 8.49. The highest BCUT2D eigenvalue weighted by atomic mass is 16.1. The largest absolute Gasteiger partial charge is 0.289 e. The van der Waals surface area contributed by atoms with Gasteiger partial charge < -0.3 is 0 Å². The number of carbonyl (C=O) groups excluding carboxylic acids is 2. The van der Waals surface area contributed by atoms with Gasteiger partial charge in [-0.05, 0) is 173 Å². The average Bonchev–Trinajstić information content (AvgIpc) is 1.53. The molecule has 0 N–H and O–H groups in total. The first kappa shape index (κ1) is 64.6. The number of hydrogen-bond donors (Lipinski definition) is 0. The van der Waals surface area contributed by atoms with E-state index >= 15 is 9.59 Å². The molecule has 2 spiro atoms. The van der Waals surface area contributed by atoms with Crippen molar-refractivity contribution in [2.45, 2.75) is 10.8 Å². The molecule has 0 amide bonds. The van der Waals surface area contributed by atoms with Crippen LogP contribution in [0.3, 0.4) is 0 Å². The molecule has 0 saturated heterocycles. The van der Waals surface area contributed by atoms with Gasteiger partial charge in [-0.15, -0.1) is 0 Å². The number of carbonyl (C=O) groups is 2. The van der Waals surface area contributed by atoms with Crippen LogP contribution in [0.5, 0.6) is 0 Å². The predicted octanol–water partition coefficient (Wildman–Crippen LogP) is 23.3. The molecule has 16 aromatic carbocycles. The second-order valence-electron chi connectivity index (χ2n) is 31.4. The Labute approximate surface area is 673 Å². The molecule has 0 unspecified atom stereocenters. The molecular weight excluding hydrogens is 1450 g/mol. The standard InChI is InChI=1S/C106H60N10O2/c117-97(63-49-53-70-69-29-5-17-41-85(69)105(87(70)59-63)81-37-13-1-25-65(81)66-26-2-14-38-82(66)105)64-50-54-71-79-57-61(51-55-86(79)106(88(71)60-64)83-39-15-3-27-67(83)68-28-4-16-40-84(68)106)62-52-56-96-80(58-62)78-36-12-24-48-95(78)116(96)104-110-100(109-103(112-104)115-93-46-22-10-34-76(93)77-35-11-23-47-94(77)115)98(118)99-107-101(113-89-42-18-6-30-72(89)73-31-7-19-43-90(73)113)111-102(108-99)114-91-44-20-8-32-74(91)75-33-9-21-45-92(75)114/h1-60H. The average molecular weight is 1510 g/mol. The summed E-state index contributed by atoms with van der Waals surface area (Å²) in [6.07, 6.45) is 0. The number of rotatable bonds is 9. The van der Waals surface area contributed by atoms with Crippen molar-refractivity contribution < 1.29 is 9.59 Å². The molecule has 4 aliphatic carbocycles. The smallest absolute Gasteiger partial charge is 0.267 e. The monoisotopic (exact) mass is 1500 g/mol. The van der Waals surface area contributed by atoms with E-state index in [9.17, 15) is 0 Å². The van der Waals surface area contributed by atoms with E-state index < -0.39 is 16.6 Å². The van der Waals surface area contributed by atoms with Gasteiger partial charge in [0.2, 0.25) is 35.4 Å². The van der Waals surface area contributed by atoms with Crippen LogP contribution in [0.2, 0.25) is 0 Å². The fraction of sp³-hybridized carbons (Fsp3) is 0.0189. The van der Waals surface area contributed by atoms with Crippen LogP contribution in [-0.2, 0) is 10.8 Å². The maximum absolute atomic E-state index is 16.5. The fourth-order valence-corrected chi connectivity index (χ4v) is 21.1. The third-order valence-corrected chi connectivity index (χ3v) is 25.8. The van der Waals surface area contributed by atoms with E-state index in [2.05, 4.69) is 273 Å². The van der Waals surface area contributed by atoms with Gasteiger partial charge in [0, 0.05) is 54.2 Å². The summed E-state index contributed by atoms with van der Waals surface area (Å²) in [5.74, 6) is -0.0287. The molecule has 4 aliphatic rings. The maximum Gasteiger partial charge on any atom is 0.267 e. The van der Waals surface area contributed by atoms with Gasteiger partial charge in [0.15, 0.2) is 5.78 Å². The van der Waals surface area contributed by atoms with Crippen LogP contribution in [0.25, 0.3) is 167 Å². The Morgan fingerprint density at radius 2 is 0.449 bits per heavy atom. The maximum atomic E-state index is 16.5. The van der Waals surface area contributed by atoms with E-state index in [1.807, 2.05) is 109 Å². The van der Waals surface area contributed by atoms with Crippen molar-refractivity contribution in [3.05, 3.63) is 431 Å². The van der Waals surface area contributed by atoms with Crippen LogP contribution < -0.4 is 0 Å². The van der Waals surface area contributed by atoms with E-state index in [1.54, 1.807) is 0 Å². The minimum atomic E-state index is -0.749. The molecule has 26 rings (SSSR count). The molecule has 12 heteroatoms. The molecule has 22 aromatic rings. The summed E-state index contributed by atoms with van der Waals surface area (Å²) in [4.78, 5) is 64.4. The van der Waals surface area contributed by atoms with Gasteiger partial charge in [-0.3, -0.25) is 27.9 Å². The fourth-order valence-electron chi connectivity index (χ4n) is 21.1. The van der Waals surface area contributed by atoms with Crippen LogP contribution >= 0.6 is 0 Å². The van der Waals surface area contributed by atoms with Gasteiger partial charge in [0.05, 0.1) is 55.0 Å². The minimum absolute atomic E-state index is 0.0315. The summed E-state index contributed by atoms with van der Waals surface area (Å²) < 4.78 is 8.10. The van der Waals surface area contributed by atoms with Gasteiger partial charge in [-0.25, -0.2) is 0 Å². The van der Waals surface area contributed by atoms with Gasteiger partial charge in [0.25, 0.3) is 5.78 Å². The minimum Gasteiger partial charge on any atom is -0.289 e. The summed E-state index contributed by atoms with van der Waals surface area (Å²) in [7, 11) is 0. The van der Waals surface area contributed by atoms with Crippen molar-refractivity contribution in [3.63, 3.8) is 0 Å². The van der Waals surface area contributed by atoms with E-state index in [0.717, 1.165) is 132 Å². The van der Waals surface area contributed by atoms with Crippen molar-refractivity contribution in [3.8, 4) is 79.4 Å². The van der Waals surface area contributed by atoms with Crippen molar-refractivity contribution in [1.82, 2.24) is 48.2 Å². The molecule has 0 atom stereocenters. The Kier molecular flexibility index (Phi) is 13.0. The van der Waals surface area contributed by atoms with Crippen LogP contribution in [0, 0.1) is 0 Å². The number of hydrogen-bond acceptors (Lipinski definition) is 8. The lowest BCUT2D eigenvalue weighted by molar-refractivity contribution is 0.101. The molecule has 118 heavy (non-hydrogen) atoms. The zero-order valence-corrected chi connectivity index (χ0v) is 62.9. The van der Waals surface area contributed by atoms with Crippen molar-refractivity contribution >= 4 is 98.8 Å². The summed E-state index contributed by atoms with van der Waals surface area (Å²) in [5, 5.41) is 7.94. The highest BCUT2D eigenvalue weighted by Gasteiger charge is 2.54. The van der Waals surface area contributed by atoms with E-state index in [0.29, 0.717) is 11.1 Å². The molecule has 0 fully saturated rings. The van der Waals surface area contributed by atoms with Gasteiger partial charge in [-0.1, -0.05) is 291 Å². The zero-order valence-electron chi connectivity index (χ0n) is 62.9.